The Hall–Kier alpha value is -3.40. The predicted molar refractivity (Wildman–Crippen MR) is 102 cm³/mol. The van der Waals surface area contributed by atoms with Crippen molar-refractivity contribution in [1.29, 1.82) is 0 Å². The number of nitrogens with one attached hydrogen (secondary N) is 2. The van der Waals surface area contributed by atoms with Crippen molar-refractivity contribution in [3.05, 3.63) is 76.5 Å². The summed E-state index contributed by atoms with van der Waals surface area (Å²) in [5.74, 6) is -1.68. The highest BCUT2D eigenvalue weighted by Gasteiger charge is 2.21. The van der Waals surface area contributed by atoms with E-state index in [4.69, 9.17) is 0 Å². The van der Waals surface area contributed by atoms with Gasteiger partial charge in [0.25, 0.3) is 5.56 Å². The molecule has 3 heterocycles. The molecule has 2 N–H and O–H groups in total. The smallest absolute Gasteiger partial charge is 0.287 e. The Labute approximate surface area is 163 Å². The molecule has 7 nitrogen and oxygen atoms in total. The van der Waals surface area contributed by atoms with Crippen molar-refractivity contribution < 1.29 is 17.2 Å². The Morgan fingerprint density at radius 1 is 1.03 bits per heavy atom. The molecule has 0 bridgehead atoms. The van der Waals surface area contributed by atoms with Crippen molar-refractivity contribution in [3.63, 3.8) is 0 Å². The third kappa shape index (κ3) is 3.66. The molecule has 29 heavy (non-hydrogen) atoms. The lowest BCUT2D eigenvalue weighted by Gasteiger charge is -2.06. The van der Waals surface area contributed by atoms with Crippen LogP contribution in [0, 0.1) is 11.6 Å². The second-order valence-corrected chi connectivity index (χ2v) is 8.42. The minimum atomic E-state index is -3.72. The molecule has 1 aromatic carbocycles. The molecule has 148 valence electrons. The largest absolute Gasteiger partial charge is 0.338 e. The molecule has 0 saturated carbocycles. The summed E-state index contributed by atoms with van der Waals surface area (Å²) in [4.78, 5) is 24.3. The van der Waals surface area contributed by atoms with E-state index in [0.717, 1.165) is 6.33 Å². The maximum Gasteiger partial charge on any atom is 0.287 e. The molecule has 0 radical (unpaired) electrons. The Bertz CT molecular complexity index is 1360. The van der Waals surface area contributed by atoms with Gasteiger partial charge in [0, 0.05) is 11.6 Å². The van der Waals surface area contributed by atoms with Crippen LogP contribution in [0.2, 0.25) is 0 Å². The van der Waals surface area contributed by atoms with Crippen LogP contribution in [-0.4, -0.2) is 34.1 Å². The topological polar surface area (TPSA) is 109 Å². The average molecular weight is 416 g/mol. The first-order valence-electron chi connectivity index (χ1n) is 8.53. The first kappa shape index (κ1) is 18.9. The number of nitrogens with zero attached hydrogens (tertiary/aromatic N) is 2. The van der Waals surface area contributed by atoms with Crippen LogP contribution in [0.15, 0.2) is 58.6 Å². The minimum Gasteiger partial charge on any atom is -0.338 e. The van der Waals surface area contributed by atoms with Gasteiger partial charge in [0.05, 0.1) is 22.7 Å². The lowest BCUT2D eigenvalue weighted by Crippen LogP contribution is -2.12. The first-order valence-corrected chi connectivity index (χ1v) is 10.2. The second-order valence-electron chi connectivity index (χ2n) is 6.34. The number of aryl methyl sites for hydroxylation is 1. The molecule has 0 spiro atoms. The van der Waals surface area contributed by atoms with E-state index in [0.29, 0.717) is 5.56 Å². The van der Waals surface area contributed by atoms with Gasteiger partial charge in [-0.1, -0.05) is 12.1 Å². The Morgan fingerprint density at radius 3 is 2.55 bits per heavy atom. The van der Waals surface area contributed by atoms with Crippen LogP contribution in [0.1, 0.15) is 5.56 Å². The van der Waals surface area contributed by atoms with E-state index < -0.39 is 27.0 Å². The van der Waals surface area contributed by atoms with Crippen LogP contribution >= 0.6 is 0 Å². The van der Waals surface area contributed by atoms with Crippen molar-refractivity contribution >= 4 is 20.9 Å². The number of hydrogen-bond donors (Lipinski definition) is 2. The second kappa shape index (κ2) is 7.21. The van der Waals surface area contributed by atoms with E-state index in [1.165, 1.54) is 42.6 Å². The Morgan fingerprint density at radius 2 is 1.79 bits per heavy atom. The van der Waals surface area contributed by atoms with Crippen LogP contribution in [0.4, 0.5) is 8.78 Å². The van der Waals surface area contributed by atoms with Crippen molar-refractivity contribution in [1.82, 2.24) is 19.9 Å². The van der Waals surface area contributed by atoms with Gasteiger partial charge in [-0.15, -0.1) is 0 Å². The predicted octanol–water partition coefficient (Wildman–Crippen LogP) is 2.61. The fourth-order valence-corrected chi connectivity index (χ4v) is 4.47. The summed E-state index contributed by atoms with van der Waals surface area (Å²) in [6, 6.07) is 8.37. The minimum absolute atomic E-state index is 0.0253. The lowest BCUT2D eigenvalue weighted by molar-refractivity contribution is 0.596. The van der Waals surface area contributed by atoms with Gasteiger partial charge >= 0.3 is 0 Å². The van der Waals surface area contributed by atoms with E-state index >= 15 is 0 Å². The number of H-pyrrole nitrogens is 2. The first-order chi connectivity index (χ1) is 13.8. The third-order valence-corrected chi connectivity index (χ3v) is 6.22. The molecule has 10 heteroatoms. The summed E-state index contributed by atoms with van der Waals surface area (Å²) in [7, 11) is -3.72. The normalized spacial score (nSPS) is 11.8. The summed E-state index contributed by atoms with van der Waals surface area (Å²) in [5.41, 5.74) is -0.124. The molecule has 4 aromatic rings. The number of halogens is 2. The number of aromatic nitrogens is 4. The highest BCUT2D eigenvalue weighted by atomic mass is 32.2. The van der Waals surface area contributed by atoms with E-state index in [1.807, 2.05) is 0 Å². The SMILES string of the molecule is O=c1[nH]cnc(-c2cc3c(S(=O)(=O)CCc4ccc(F)cc4)ccnc3[nH]2)c1F. The van der Waals surface area contributed by atoms with E-state index in [-0.39, 0.29) is 39.5 Å². The molecule has 0 aliphatic rings. The molecular formula is C19H14F2N4O3S. The van der Waals surface area contributed by atoms with Crippen LogP contribution < -0.4 is 5.56 Å². The Balaban J connectivity index is 1.72. The van der Waals surface area contributed by atoms with Crippen LogP contribution in [0.5, 0.6) is 0 Å². The van der Waals surface area contributed by atoms with E-state index in [2.05, 4.69) is 19.9 Å². The zero-order valence-corrected chi connectivity index (χ0v) is 15.6. The van der Waals surface area contributed by atoms with Crippen LogP contribution in [-0.2, 0) is 16.3 Å². The average Bonchev–Trinajstić information content (AvgIpc) is 3.13. The fraction of sp³-hybridized carbons (Fsp3) is 0.105. The quantitative estimate of drug-likeness (QED) is 0.520. The zero-order valence-electron chi connectivity index (χ0n) is 14.8. The molecule has 0 fully saturated rings. The number of sulfone groups is 1. The van der Waals surface area contributed by atoms with Gasteiger partial charge in [-0.2, -0.15) is 4.39 Å². The maximum atomic E-state index is 14.1. The number of rotatable bonds is 5. The van der Waals surface area contributed by atoms with Gasteiger partial charge in [-0.25, -0.2) is 22.8 Å². The van der Waals surface area contributed by atoms with Gasteiger partial charge in [-0.05, 0) is 36.2 Å². The Kier molecular flexibility index (Phi) is 4.71. The monoisotopic (exact) mass is 416 g/mol. The van der Waals surface area contributed by atoms with Gasteiger partial charge in [0.1, 0.15) is 17.2 Å². The summed E-state index contributed by atoms with van der Waals surface area (Å²) >= 11 is 0. The lowest BCUT2D eigenvalue weighted by atomic mass is 10.2. The number of benzene rings is 1. The van der Waals surface area contributed by atoms with Crippen molar-refractivity contribution in [3.8, 4) is 11.4 Å². The summed E-state index contributed by atoms with van der Waals surface area (Å²) < 4.78 is 52.9. The molecular weight excluding hydrogens is 402 g/mol. The molecule has 0 saturated heterocycles. The fourth-order valence-electron chi connectivity index (χ4n) is 2.99. The van der Waals surface area contributed by atoms with Crippen molar-refractivity contribution in [2.24, 2.45) is 0 Å². The molecule has 4 rings (SSSR count). The highest BCUT2D eigenvalue weighted by Crippen LogP contribution is 2.28. The van der Waals surface area contributed by atoms with Crippen molar-refractivity contribution in [2.45, 2.75) is 11.3 Å². The third-order valence-electron chi connectivity index (χ3n) is 4.45. The van der Waals surface area contributed by atoms with E-state index in [1.54, 1.807) is 0 Å². The van der Waals surface area contributed by atoms with Gasteiger partial charge < -0.3 is 9.97 Å². The molecule has 0 amide bonds. The van der Waals surface area contributed by atoms with Crippen molar-refractivity contribution in [2.75, 3.05) is 5.75 Å². The highest BCUT2D eigenvalue weighted by molar-refractivity contribution is 7.91. The number of hydrogen-bond acceptors (Lipinski definition) is 5. The molecule has 0 aliphatic heterocycles. The molecule has 0 atom stereocenters. The molecule has 3 aromatic heterocycles. The molecule has 0 aliphatic carbocycles. The van der Waals surface area contributed by atoms with Gasteiger partial charge in [-0.3, -0.25) is 4.79 Å². The van der Waals surface area contributed by atoms with Crippen LogP contribution in [0.3, 0.4) is 0 Å². The number of fused-ring (bicyclic) bond motifs is 1. The van der Waals surface area contributed by atoms with Gasteiger partial charge in [0.15, 0.2) is 9.84 Å². The summed E-state index contributed by atoms with van der Waals surface area (Å²) in [6.45, 7) is 0. The zero-order chi connectivity index (χ0) is 20.6. The molecule has 0 unspecified atom stereocenters. The maximum absolute atomic E-state index is 14.1. The van der Waals surface area contributed by atoms with Gasteiger partial charge in [0.2, 0.25) is 5.82 Å². The van der Waals surface area contributed by atoms with Crippen LogP contribution in [0.25, 0.3) is 22.4 Å². The standard InChI is InChI=1S/C19H14F2N4O3S/c20-12-3-1-11(2-4-12)6-8-29(27,28)15-5-7-22-18-13(15)9-14(25-18)17-16(21)19(26)24-10-23-17/h1-5,7,9-10H,6,8H2,(H,22,25)(H,23,24,26). The van der Waals surface area contributed by atoms with E-state index in [9.17, 15) is 22.0 Å². The summed E-state index contributed by atoms with van der Waals surface area (Å²) in [5, 5.41) is 0.267. The number of aromatic amines is 2. The number of pyridine rings is 1. The summed E-state index contributed by atoms with van der Waals surface area (Å²) in [6.07, 6.45) is 2.59.